The molecule has 7 nitrogen and oxygen atoms in total. The molecule has 1 atom stereocenters. The van der Waals surface area contributed by atoms with Crippen molar-refractivity contribution in [2.24, 2.45) is 5.73 Å². The Balaban J connectivity index is 2.77. The third kappa shape index (κ3) is 4.55. The number of carbonyl (C=O) groups excluding carboxylic acids is 1. The molecule has 0 fully saturated rings. The Kier molecular flexibility index (Phi) is 5.25. The van der Waals surface area contributed by atoms with Crippen molar-refractivity contribution in [3.8, 4) is 5.75 Å². The van der Waals surface area contributed by atoms with Crippen LogP contribution in [-0.2, 0) is 4.79 Å². The van der Waals surface area contributed by atoms with E-state index in [0.717, 1.165) is 0 Å². The fraction of sp³-hybridized carbons (Fsp3) is 0.417. The summed E-state index contributed by atoms with van der Waals surface area (Å²) in [4.78, 5) is 21.9. The molecule has 0 aliphatic rings. The molecular weight excluding hydrogens is 250 g/mol. The summed E-state index contributed by atoms with van der Waals surface area (Å²) >= 11 is 0. The topological polar surface area (TPSA) is 107 Å². The monoisotopic (exact) mass is 267 g/mol. The number of ether oxygens (including phenoxy) is 1. The van der Waals surface area contributed by atoms with Gasteiger partial charge in [0.1, 0.15) is 0 Å². The molecule has 1 aromatic rings. The predicted octanol–water partition coefficient (Wildman–Crippen LogP) is 1.67. The van der Waals surface area contributed by atoms with Crippen molar-refractivity contribution in [2.75, 3.05) is 12.4 Å². The first kappa shape index (κ1) is 14.9. The first-order valence-corrected chi connectivity index (χ1v) is 5.82. The summed E-state index contributed by atoms with van der Waals surface area (Å²) in [7, 11) is 1.35. The first-order valence-electron chi connectivity index (χ1n) is 5.82. The lowest BCUT2D eigenvalue weighted by molar-refractivity contribution is -0.385. The Hall–Kier alpha value is -2.15. The number of anilines is 1. The normalized spacial score (nSPS) is 11.7. The summed E-state index contributed by atoms with van der Waals surface area (Å²) in [6, 6.07) is 4.20. The van der Waals surface area contributed by atoms with E-state index in [-0.39, 0.29) is 29.8 Å². The van der Waals surface area contributed by atoms with Gasteiger partial charge in [0, 0.05) is 24.2 Å². The van der Waals surface area contributed by atoms with Crippen molar-refractivity contribution < 1.29 is 14.5 Å². The Morgan fingerprint density at radius 1 is 1.58 bits per heavy atom. The molecule has 1 unspecified atom stereocenters. The van der Waals surface area contributed by atoms with Gasteiger partial charge in [-0.1, -0.05) is 0 Å². The molecule has 0 saturated carbocycles. The van der Waals surface area contributed by atoms with Crippen LogP contribution in [0.15, 0.2) is 18.2 Å². The van der Waals surface area contributed by atoms with Gasteiger partial charge in [-0.15, -0.1) is 0 Å². The average Bonchev–Trinajstić information content (AvgIpc) is 2.36. The molecule has 1 rings (SSSR count). The maximum Gasteiger partial charge on any atom is 0.312 e. The standard InChI is InChI=1S/C12H17N3O4/c1-8(13)3-6-12(16)14-9-4-5-11(19-2)10(7-9)15(17)18/h4-5,7-8H,3,6,13H2,1-2H3,(H,14,16). The van der Waals surface area contributed by atoms with E-state index < -0.39 is 4.92 Å². The highest BCUT2D eigenvalue weighted by Gasteiger charge is 2.16. The second kappa shape index (κ2) is 6.69. The minimum Gasteiger partial charge on any atom is -0.490 e. The van der Waals surface area contributed by atoms with Crippen molar-refractivity contribution in [1.29, 1.82) is 0 Å². The second-order valence-corrected chi connectivity index (χ2v) is 4.21. The van der Waals surface area contributed by atoms with Gasteiger partial charge in [0.2, 0.25) is 5.91 Å². The summed E-state index contributed by atoms with van der Waals surface area (Å²) < 4.78 is 4.87. The molecule has 0 aromatic heterocycles. The number of hydrogen-bond donors (Lipinski definition) is 2. The van der Waals surface area contributed by atoms with E-state index in [1.54, 1.807) is 6.07 Å². The van der Waals surface area contributed by atoms with Gasteiger partial charge in [0.05, 0.1) is 12.0 Å². The van der Waals surface area contributed by atoms with Gasteiger partial charge in [0.25, 0.3) is 0 Å². The summed E-state index contributed by atoms with van der Waals surface area (Å²) in [5.74, 6) is -0.0738. The molecule has 0 aliphatic carbocycles. The van der Waals surface area contributed by atoms with Crippen LogP contribution in [0.2, 0.25) is 0 Å². The number of nitrogens with one attached hydrogen (secondary N) is 1. The number of methoxy groups -OCH3 is 1. The van der Waals surface area contributed by atoms with Crippen molar-refractivity contribution in [3.05, 3.63) is 28.3 Å². The van der Waals surface area contributed by atoms with E-state index in [0.29, 0.717) is 12.1 Å². The third-order valence-corrected chi connectivity index (χ3v) is 2.49. The van der Waals surface area contributed by atoms with Crippen LogP contribution < -0.4 is 15.8 Å². The highest BCUT2D eigenvalue weighted by atomic mass is 16.6. The van der Waals surface area contributed by atoms with Crippen LogP contribution >= 0.6 is 0 Å². The van der Waals surface area contributed by atoms with Crippen LogP contribution in [0.25, 0.3) is 0 Å². The van der Waals surface area contributed by atoms with Gasteiger partial charge in [0.15, 0.2) is 5.75 Å². The van der Waals surface area contributed by atoms with Crippen molar-refractivity contribution in [1.82, 2.24) is 0 Å². The van der Waals surface area contributed by atoms with Gasteiger partial charge in [-0.05, 0) is 25.5 Å². The van der Waals surface area contributed by atoms with E-state index in [4.69, 9.17) is 10.5 Å². The highest BCUT2D eigenvalue weighted by Crippen LogP contribution is 2.29. The molecule has 0 heterocycles. The van der Waals surface area contributed by atoms with Crippen molar-refractivity contribution >= 4 is 17.3 Å². The smallest absolute Gasteiger partial charge is 0.312 e. The Bertz CT molecular complexity index is 474. The lowest BCUT2D eigenvalue weighted by Gasteiger charge is -2.08. The largest absolute Gasteiger partial charge is 0.490 e. The fourth-order valence-corrected chi connectivity index (χ4v) is 1.49. The number of rotatable bonds is 6. The number of nitro groups is 1. The molecule has 3 N–H and O–H groups in total. The molecule has 19 heavy (non-hydrogen) atoms. The van der Waals surface area contributed by atoms with Crippen LogP contribution in [0.3, 0.4) is 0 Å². The Labute approximate surface area is 110 Å². The number of nitrogens with zero attached hydrogens (tertiary/aromatic N) is 1. The SMILES string of the molecule is COc1ccc(NC(=O)CCC(C)N)cc1[N+](=O)[O-]. The Morgan fingerprint density at radius 3 is 2.79 bits per heavy atom. The molecule has 104 valence electrons. The summed E-state index contributed by atoms with van der Waals surface area (Å²) in [5, 5.41) is 13.4. The summed E-state index contributed by atoms with van der Waals surface area (Å²) in [6.45, 7) is 1.81. The molecule has 0 aliphatic heterocycles. The quantitative estimate of drug-likeness (QED) is 0.602. The molecule has 0 spiro atoms. The van der Waals surface area contributed by atoms with Gasteiger partial charge in [-0.2, -0.15) is 0 Å². The number of hydrogen-bond acceptors (Lipinski definition) is 5. The first-order chi connectivity index (χ1) is 8.93. The van der Waals surface area contributed by atoms with Gasteiger partial charge >= 0.3 is 5.69 Å². The third-order valence-electron chi connectivity index (χ3n) is 2.49. The molecule has 7 heteroatoms. The molecule has 1 aromatic carbocycles. The van der Waals surface area contributed by atoms with Crippen LogP contribution in [0, 0.1) is 10.1 Å². The molecular formula is C12H17N3O4. The van der Waals surface area contributed by atoms with Gasteiger partial charge in [-0.25, -0.2) is 0 Å². The number of nitrogens with two attached hydrogens (primary N) is 1. The number of benzene rings is 1. The van der Waals surface area contributed by atoms with Crippen LogP contribution in [0.1, 0.15) is 19.8 Å². The maximum atomic E-state index is 11.6. The highest BCUT2D eigenvalue weighted by molar-refractivity contribution is 5.91. The minimum atomic E-state index is -0.559. The van der Waals surface area contributed by atoms with Crippen LogP contribution in [0.5, 0.6) is 5.75 Å². The van der Waals surface area contributed by atoms with E-state index in [1.807, 2.05) is 6.92 Å². The number of carbonyl (C=O) groups is 1. The van der Waals surface area contributed by atoms with E-state index in [9.17, 15) is 14.9 Å². The predicted molar refractivity (Wildman–Crippen MR) is 71.2 cm³/mol. The van der Waals surface area contributed by atoms with E-state index in [2.05, 4.69) is 5.32 Å². The van der Waals surface area contributed by atoms with Crippen molar-refractivity contribution in [2.45, 2.75) is 25.8 Å². The Morgan fingerprint density at radius 2 is 2.26 bits per heavy atom. The molecule has 0 bridgehead atoms. The van der Waals surface area contributed by atoms with E-state index in [1.165, 1.54) is 19.2 Å². The average molecular weight is 267 g/mol. The maximum absolute atomic E-state index is 11.6. The minimum absolute atomic E-state index is 0.0593. The molecule has 0 radical (unpaired) electrons. The molecule has 0 saturated heterocycles. The summed E-state index contributed by atoms with van der Waals surface area (Å²) in [5.41, 5.74) is 5.73. The molecule has 1 amide bonds. The zero-order chi connectivity index (χ0) is 14.4. The number of nitro benzene ring substituents is 1. The van der Waals surface area contributed by atoms with Crippen molar-refractivity contribution in [3.63, 3.8) is 0 Å². The van der Waals surface area contributed by atoms with Crippen LogP contribution in [-0.4, -0.2) is 24.0 Å². The van der Waals surface area contributed by atoms with Gasteiger partial charge < -0.3 is 15.8 Å². The van der Waals surface area contributed by atoms with Crippen LogP contribution in [0.4, 0.5) is 11.4 Å². The number of amides is 1. The van der Waals surface area contributed by atoms with E-state index >= 15 is 0 Å². The summed E-state index contributed by atoms with van der Waals surface area (Å²) in [6.07, 6.45) is 0.835. The lowest BCUT2D eigenvalue weighted by Crippen LogP contribution is -2.19. The zero-order valence-corrected chi connectivity index (χ0v) is 10.9. The fourth-order valence-electron chi connectivity index (χ4n) is 1.49. The second-order valence-electron chi connectivity index (χ2n) is 4.21. The van der Waals surface area contributed by atoms with Gasteiger partial charge in [-0.3, -0.25) is 14.9 Å². The zero-order valence-electron chi connectivity index (χ0n) is 10.9. The lowest BCUT2D eigenvalue weighted by atomic mass is 10.2.